The molecule has 0 bridgehead atoms. The van der Waals surface area contributed by atoms with Gasteiger partial charge < -0.3 is 4.52 Å². The Labute approximate surface area is 148 Å². The maximum Gasteiger partial charge on any atom is 0.241 e. The van der Waals surface area contributed by atoms with E-state index in [2.05, 4.69) is 25.1 Å². The highest BCUT2D eigenvalue weighted by atomic mass is 35.5. The second-order valence-electron chi connectivity index (χ2n) is 5.29. The maximum atomic E-state index is 5.76. The molecule has 122 valence electrons. The van der Waals surface area contributed by atoms with Crippen LogP contribution in [0.2, 0.25) is 0 Å². The Kier molecular flexibility index (Phi) is 4.18. The van der Waals surface area contributed by atoms with Gasteiger partial charge in [0.15, 0.2) is 0 Å². The van der Waals surface area contributed by atoms with Crippen LogP contribution in [0.15, 0.2) is 65.8 Å². The Hall–Kier alpha value is -3.12. The van der Waals surface area contributed by atoms with Crippen LogP contribution in [-0.4, -0.2) is 25.1 Å². The molecule has 4 rings (SSSR count). The third-order valence-corrected chi connectivity index (χ3v) is 3.86. The van der Waals surface area contributed by atoms with Crippen LogP contribution >= 0.6 is 11.6 Å². The fourth-order valence-electron chi connectivity index (χ4n) is 2.48. The van der Waals surface area contributed by atoms with Crippen molar-refractivity contribution < 1.29 is 4.52 Å². The molecular formula is C18H12ClN5O. The molecule has 0 aliphatic rings. The van der Waals surface area contributed by atoms with Gasteiger partial charge in [0.1, 0.15) is 12.2 Å². The number of halogens is 1. The van der Waals surface area contributed by atoms with Crippen LogP contribution in [0.5, 0.6) is 0 Å². The van der Waals surface area contributed by atoms with Crippen molar-refractivity contribution in [2.24, 2.45) is 0 Å². The highest BCUT2D eigenvalue weighted by Crippen LogP contribution is 2.30. The molecule has 0 amide bonds. The molecule has 0 aliphatic carbocycles. The van der Waals surface area contributed by atoms with Crippen LogP contribution in [0.1, 0.15) is 5.89 Å². The summed E-state index contributed by atoms with van der Waals surface area (Å²) in [6, 6.07) is 11.7. The van der Waals surface area contributed by atoms with E-state index < -0.39 is 0 Å². The molecule has 0 saturated heterocycles. The number of nitrogens with zero attached hydrogens (tertiary/aromatic N) is 5. The van der Waals surface area contributed by atoms with Gasteiger partial charge in [-0.15, -0.1) is 11.6 Å². The fourth-order valence-corrected chi connectivity index (χ4v) is 2.59. The summed E-state index contributed by atoms with van der Waals surface area (Å²) < 4.78 is 5.13. The van der Waals surface area contributed by atoms with Crippen molar-refractivity contribution in [3.05, 3.63) is 67.2 Å². The first-order valence-electron chi connectivity index (χ1n) is 7.54. The zero-order valence-electron chi connectivity index (χ0n) is 13.0. The lowest BCUT2D eigenvalue weighted by atomic mass is 9.99. The summed E-state index contributed by atoms with van der Waals surface area (Å²) in [4.78, 5) is 16.9. The number of rotatable bonds is 4. The molecule has 0 saturated carbocycles. The standard InChI is InChI=1S/C18H12ClN5O/c19-8-17-23-18(24-25-17)14-6-12(15-9-20-11-21-10-15)5-13(7-14)16-3-1-2-4-22-16/h1-7,9-11H,8H2. The lowest BCUT2D eigenvalue weighted by Gasteiger charge is -2.08. The highest BCUT2D eigenvalue weighted by molar-refractivity contribution is 6.16. The van der Waals surface area contributed by atoms with Crippen molar-refractivity contribution in [2.45, 2.75) is 5.88 Å². The van der Waals surface area contributed by atoms with E-state index >= 15 is 0 Å². The number of pyridine rings is 1. The van der Waals surface area contributed by atoms with E-state index in [1.54, 1.807) is 18.6 Å². The van der Waals surface area contributed by atoms with Gasteiger partial charge in [0.2, 0.25) is 11.7 Å². The average molecular weight is 350 g/mol. The first-order chi connectivity index (χ1) is 12.3. The summed E-state index contributed by atoms with van der Waals surface area (Å²) in [5, 5.41) is 4.00. The SMILES string of the molecule is ClCc1nc(-c2cc(-c3cncnc3)cc(-c3ccccn3)c2)no1. The molecule has 3 aromatic heterocycles. The zero-order valence-corrected chi connectivity index (χ0v) is 13.8. The molecule has 0 N–H and O–H groups in total. The number of hydrogen-bond donors (Lipinski definition) is 0. The zero-order chi connectivity index (χ0) is 17.1. The molecule has 6 nitrogen and oxygen atoms in total. The third kappa shape index (κ3) is 3.25. The number of hydrogen-bond acceptors (Lipinski definition) is 6. The minimum atomic E-state index is 0.173. The molecule has 0 aliphatic heterocycles. The summed E-state index contributed by atoms with van der Waals surface area (Å²) in [6.07, 6.45) is 6.77. The van der Waals surface area contributed by atoms with E-state index in [0.29, 0.717) is 11.7 Å². The Morgan fingerprint density at radius 3 is 2.44 bits per heavy atom. The average Bonchev–Trinajstić information content (AvgIpc) is 3.18. The topological polar surface area (TPSA) is 77.6 Å². The quantitative estimate of drug-likeness (QED) is 0.518. The lowest BCUT2D eigenvalue weighted by molar-refractivity contribution is 0.391. The fraction of sp³-hybridized carbons (Fsp3) is 0.0556. The van der Waals surface area contributed by atoms with Gasteiger partial charge in [-0.05, 0) is 35.9 Å². The van der Waals surface area contributed by atoms with E-state index in [4.69, 9.17) is 16.1 Å². The molecule has 0 unspecified atom stereocenters. The van der Waals surface area contributed by atoms with Crippen LogP contribution in [0.4, 0.5) is 0 Å². The van der Waals surface area contributed by atoms with E-state index in [-0.39, 0.29) is 5.88 Å². The van der Waals surface area contributed by atoms with Crippen LogP contribution in [0.25, 0.3) is 33.8 Å². The number of alkyl halides is 1. The Morgan fingerprint density at radius 2 is 1.72 bits per heavy atom. The second kappa shape index (κ2) is 6.78. The van der Waals surface area contributed by atoms with Crippen molar-refractivity contribution in [3.8, 4) is 33.8 Å². The van der Waals surface area contributed by atoms with Gasteiger partial charge in [0, 0.05) is 35.3 Å². The number of aromatic nitrogens is 5. The summed E-state index contributed by atoms with van der Waals surface area (Å²) >= 11 is 5.76. The predicted octanol–water partition coefficient (Wildman–Crippen LogP) is 3.99. The molecule has 0 fully saturated rings. The van der Waals surface area contributed by atoms with Crippen molar-refractivity contribution in [1.29, 1.82) is 0 Å². The minimum absolute atomic E-state index is 0.173. The summed E-state index contributed by atoms with van der Waals surface area (Å²) in [5.41, 5.74) is 4.43. The Balaban J connectivity index is 1.89. The Morgan fingerprint density at radius 1 is 0.920 bits per heavy atom. The maximum absolute atomic E-state index is 5.76. The minimum Gasteiger partial charge on any atom is -0.338 e. The monoisotopic (exact) mass is 349 g/mol. The van der Waals surface area contributed by atoms with Gasteiger partial charge in [-0.2, -0.15) is 4.98 Å². The van der Waals surface area contributed by atoms with Crippen LogP contribution in [0.3, 0.4) is 0 Å². The smallest absolute Gasteiger partial charge is 0.241 e. The van der Waals surface area contributed by atoms with Gasteiger partial charge in [-0.1, -0.05) is 11.2 Å². The van der Waals surface area contributed by atoms with Gasteiger partial charge in [-0.25, -0.2) is 9.97 Å². The van der Waals surface area contributed by atoms with Crippen LogP contribution in [0, 0.1) is 0 Å². The van der Waals surface area contributed by atoms with Crippen molar-refractivity contribution in [1.82, 2.24) is 25.1 Å². The molecule has 25 heavy (non-hydrogen) atoms. The normalized spacial score (nSPS) is 10.8. The first-order valence-corrected chi connectivity index (χ1v) is 8.08. The van der Waals surface area contributed by atoms with Gasteiger partial charge >= 0.3 is 0 Å². The highest BCUT2D eigenvalue weighted by Gasteiger charge is 2.12. The largest absolute Gasteiger partial charge is 0.338 e. The second-order valence-corrected chi connectivity index (χ2v) is 5.55. The van der Waals surface area contributed by atoms with Crippen molar-refractivity contribution in [2.75, 3.05) is 0 Å². The van der Waals surface area contributed by atoms with Gasteiger partial charge in [0.05, 0.1) is 5.69 Å². The van der Waals surface area contributed by atoms with Gasteiger partial charge in [0.25, 0.3) is 0 Å². The molecule has 0 atom stereocenters. The summed E-state index contributed by atoms with van der Waals surface area (Å²) in [6.45, 7) is 0. The molecule has 4 aromatic rings. The van der Waals surface area contributed by atoms with E-state index in [0.717, 1.165) is 27.9 Å². The molecule has 3 heterocycles. The van der Waals surface area contributed by atoms with Crippen LogP contribution < -0.4 is 0 Å². The molecule has 0 radical (unpaired) electrons. The predicted molar refractivity (Wildman–Crippen MR) is 93.5 cm³/mol. The Bertz CT molecular complexity index is 931. The summed E-state index contributed by atoms with van der Waals surface area (Å²) in [5.74, 6) is 1.03. The van der Waals surface area contributed by atoms with Gasteiger partial charge in [-0.3, -0.25) is 4.98 Å². The van der Waals surface area contributed by atoms with Crippen molar-refractivity contribution >= 4 is 11.6 Å². The molecule has 0 spiro atoms. The van der Waals surface area contributed by atoms with E-state index in [9.17, 15) is 0 Å². The van der Waals surface area contributed by atoms with E-state index in [1.807, 2.05) is 36.4 Å². The third-order valence-electron chi connectivity index (χ3n) is 3.63. The van der Waals surface area contributed by atoms with Crippen molar-refractivity contribution in [3.63, 3.8) is 0 Å². The van der Waals surface area contributed by atoms with E-state index in [1.165, 1.54) is 6.33 Å². The summed E-state index contributed by atoms with van der Waals surface area (Å²) in [7, 11) is 0. The molecule has 1 aromatic carbocycles. The van der Waals surface area contributed by atoms with Crippen LogP contribution in [-0.2, 0) is 5.88 Å². The first kappa shape index (κ1) is 15.4. The number of benzene rings is 1. The molecular weight excluding hydrogens is 338 g/mol. The lowest BCUT2D eigenvalue weighted by Crippen LogP contribution is -1.90. The molecule has 7 heteroatoms.